The van der Waals surface area contributed by atoms with Gasteiger partial charge < -0.3 is 14.7 Å². The Balaban J connectivity index is 0.00000101. The third kappa shape index (κ3) is 5.45. The predicted molar refractivity (Wildman–Crippen MR) is 113 cm³/mol. The van der Waals surface area contributed by atoms with E-state index in [0.717, 1.165) is 16.7 Å². The summed E-state index contributed by atoms with van der Waals surface area (Å²) in [4.78, 5) is 10.7. The number of morpholine rings is 1. The number of benzene rings is 1. The van der Waals surface area contributed by atoms with Crippen molar-refractivity contribution in [3.05, 3.63) is 47.3 Å². The highest BCUT2D eigenvalue weighted by molar-refractivity contribution is 7.89. The van der Waals surface area contributed by atoms with Crippen LogP contribution in [0.5, 0.6) is 0 Å². The second kappa shape index (κ2) is 10.2. The van der Waals surface area contributed by atoms with E-state index in [1.54, 1.807) is 21.3 Å². The van der Waals surface area contributed by atoms with E-state index >= 15 is 0 Å². The van der Waals surface area contributed by atoms with E-state index < -0.39 is 16.1 Å². The molecule has 0 saturated carbocycles. The highest BCUT2D eigenvalue weighted by Crippen LogP contribution is 2.35. The minimum atomic E-state index is -3.67. The van der Waals surface area contributed by atoms with E-state index in [1.807, 2.05) is 58.2 Å². The van der Waals surface area contributed by atoms with Crippen LogP contribution in [0.25, 0.3) is 0 Å². The van der Waals surface area contributed by atoms with Crippen LogP contribution in [0.1, 0.15) is 22.7 Å². The summed E-state index contributed by atoms with van der Waals surface area (Å²) in [6, 6.07) is 5.13. The smallest absolute Gasteiger partial charge is 0.290 e. The Hall–Kier alpha value is -2.27. The molecule has 1 saturated heterocycles. The summed E-state index contributed by atoms with van der Waals surface area (Å²) in [7, 11) is 2.08. The minimum Gasteiger partial charge on any atom is -0.483 e. The Morgan fingerprint density at radius 3 is 2.57 bits per heavy atom. The quantitative estimate of drug-likeness (QED) is 0.704. The SMILES string of the molecule is Cc1ccc(C)c(S(=O)(=O)N2CCO[C@@H](CN(C)C)[C@@H]2c2cnn(C)c2)c1.O=CO. The molecule has 0 unspecified atom stereocenters. The summed E-state index contributed by atoms with van der Waals surface area (Å²) < 4.78 is 36.5. The van der Waals surface area contributed by atoms with Crippen molar-refractivity contribution in [2.45, 2.75) is 30.9 Å². The van der Waals surface area contributed by atoms with E-state index in [1.165, 1.54) is 0 Å². The second-order valence-corrected chi connectivity index (χ2v) is 9.41. The van der Waals surface area contributed by atoms with E-state index in [2.05, 4.69) is 5.10 Å². The van der Waals surface area contributed by atoms with Gasteiger partial charge in [0.2, 0.25) is 10.0 Å². The maximum absolute atomic E-state index is 13.6. The van der Waals surface area contributed by atoms with Crippen LogP contribution >= 0.6 is 0 Å². The van der Waals surface area contributed by atoms with Gasteiger partial charge in [-0.15, -0.1) is 0 Å². The first kappa shape index (κ1) is 24.0. The molecule has 3 rings (SSSR count). The third-order valence-electron chi connectivity index (χ3n) is 4.85. The van der Waals surface area contributed by atoms with Gasteiger partial charge >= 0.3 is 0 Å². The van der Waals surface area contributed by atoms with Gasteiger partial charge in [-0.3, -0.25) is 9.48 Å². The number of rotatable bonds is 5. The molecule has 1 aliphatic heterocycles. The molecule has 30 heavy (non-hydrogen) atoms. The molecule has 0 radical (unpaired) electrons. The predicted octanol–water partition coefficient (Wildman–Crippen LogP) is 1.43. The Morgan fingerprint density at radius 2 is 2.00 bits per heavy atom. The van der Waals surface area contributed by atoms with Gasteiger partial charge in [-0.2, -0.15) is 9.40 Å². The van der Waals surface area contributed by atoms with E-state index in [-0.39, 0.29) is 12.6 Å². The van der Waals surface area contributed by atoms with Crippen LogP contribution < -0.4 is 0 Å². The molecule has 1 N–H and O–H groups in total. The topological polar surface area (TPSA) is 105 Å². The number of carbonyl (C=O) groups is 1. The number of carboxylic acid groups (broad SMARTS) is 1. The lowest BCUT2D eigenvalue weighted by atomic mass is 10.0. The van der Waals surface area contributed by atoms with Crippen molar-refractivity contribution in [2.24, 2.45) is 7.05 Å². The van der Waals surface area contributed by atoms with Crippen molar-refractivity contribution in [2.75, 3.05) is 33.8 Å². The first-order chi connectivity index (χ1) is 14.1. The number of hydrogen-bond donors (Lipinski definition) is 1. The monoisotopic (exact) mass is 438 g/mol. The number of hydrogen-bond acceptors (Lipinski definition) is 6. The molecule has 1 aromatic carbocycles. The van der Waals surface area contributed by atoms with Gasteiger partial charge in [0.15, 0.2) is 0 Å². The van der Waals surface area contributed by atoms with Crippen LogP contribution in [-0.2, 0) is 26.6 Å². The number of aryl methyl sites for hydroxylation is 3. The normalized spacial score (nSPS) is 19.9. The van der Waals surface area contributed by atoms with Gasteiger partial charge in [-0.05, 0) is 45.1 Å². The molecule has 9 nitrogen and oxygen atoms in total. The zero-order valence-corrected chi connectivity index (χ0v) is 18.8. The molecule has 1 aromatic heterocycles. The van der Waals surface area contributed by atoms with Crippen LogP contribution in [0.15, 0.2) is 35.5 Å². The van der Waals surface area contributed by atoms with Crippen LogP contribution in [0, 0.1) is 13.8 Å². The molecular weight excluding hydrogens is 408 g/mol. The van der Waals surface area contributed by atoms with Crippen LogP contribution in [0.4, 0.5) is 0 Å². The number of ether oxygens (including phenoxy) is 1. The van der Waals surface area contributed by atoms with E-state index in [4.69, 9.17) is 14.6 Å². The van der Waals surface area contributed by atoms with Gasteiger partial charge in [-0.25, -0.2) is 8.42 Å². The summed E-state index contributed by atoms with van der Waals surface area (Å²) in [6.07, 6.45) is 3.33. The fourth-order valence-corrected chi connectivity index (χ4v) is 5.51. The Morgan fingerprint density at radius 1 is 1.33 bits per heavy atom. The van der Waals surface area contributed by atoms with Crippen molar-refractivity contribution >= 4 is 16.5 Å². The Kier molecular flexibility index (Phi) is 8.13. The van der Waals surface area contributed by atoms with Gasteiger partial charge in [0, 0.05) is 31.9 Å². The molecule has 2 heterocycles. The number of sulfonamides is 1. The molecule has 10 heteroatoms. The van der Waals surface area contributed by atoms with Crippen LogP contribution in [-0.4, -0.2) is 78.9 Å². The average Bonchev–Trinajstić information content (AvgIpc) is 3.09. The summed E-state index contributed by atoms with van der Waals surface area (Å²) in [5.74, 6) is 0. The zero-order chi connectivity index (χ0) is 22.5. The maximum Gasteiger partial charge on any atom is 0.290 e. The van der Waals surface area contributed by atoms with Crippen LogP contribution in [0.3, 0.4) is 0 Å². The third-order valence-corrected chi connectivity index (χ3v) is 6.87. The molecule has 1 aliphatic rings. The molecule has 0 amide bonds. The fraction of sp³-hybridized carbons (Fsp3) is 0.500. The Labute approximate surface area is 177 Å². The number of aromatic nitrogens is 2. The standard InChI is InChI=1S/C19H28N4O3S.CH2O2/c1-14-6-7-15(2)18(10-14)27(24,25)23-8-9-26-17(13-21(3)4)19(23)16-11-20-22(5)12-16;2-1-3/h6-7,10-12,17,19H,8-9,13H2,1-5H3;1H,(H,2,3)/t17-,19-;/m0./s1. The van der Waals surface area contributed by atoms with Crippen molar-refractivity contribution in [3.8, 4) is 0 Å². The van der Waals surface area contributed by atoms with Gasteiger partial charge in [0.05, 0.1) is 29.8 Å². The average molecular weight is 439 g/mol. The first-order valence-electron chi connectivity index (χ1n) is 9.53. The molecule has 1 fully saturated rings. The van der Waals surface area contributed by atoms with Crippen molar-refractivity contribution < 1.29 is 23.1 Å². The highest BCUT2D eigenvalue weighted by Gasteiger charge is 2.42. The largest absolute Gasteiger partial charge is 0.483 e. The maximum atomic E-state index is 13.6. The van der Waals surface area contributed by atoms with Crippen molar-refractivity contribution in [3.63, 3.8) is 0 Å². The molecular formula is C20H30N4O5S. The summed E-state index contributed by atoms with van der Waals surface area (Å²) in [5.41, 5.74) is 2.52. The van der Waals surface area contributed by atoms with E-state index in [9.17, 15) is 8.42 Å². The molecule has 2 atom stereocenters. The summed E-state index contributed by atoms with van der Waals surface area (Å²) >= 11 is 0. The fourth-order valence-electron chi connectivity index (χ4n) is 3.58. The lowest BCUT2D eigenvalue weighted by Gasteiger charge is -2.41. The van der Waals surface area contributed by atoms with Gasteiger partial charge in [-0.1, -0.05) is 12.1 Å². The molecule has 2 aromatic rings. The molecule has 0 bridgehead atoms. The number of likely N-dealkylation sites (N-methyl/N-ethyl adjacent to an activating group) is 1. The highest BCUT2D eigenvalue weighted by atomic mass is 32.2. The lowest BCUT2D eigenvalue weighted by Crippen LogP contribution is -2.51. The lowest BCUT2D eigenvalue weighted by molar-refractivity contribution is -0.122. The summed E-state index contributed by atoms with van der Waals surface area (Å²) in [5, 5.41) is 11.1. The minimum absolute atomic E-state index is 0.250. The van der Waals surface area contributed by atoms with Gasteiger partial charge in [0.1, 0.15) is 0 Å². The van der Waals surface area contributed by atoms with Crippen molar-refractivity contribution in [1.82, 2.24) is 19.0 Å². The number of nitrogens with zero attached hydrogens (tertiary/aromatic N) is 4. The van der Waals surface area contributed by atoms with Crippen molar-refractivity contribution in [1.29, 1.82) is 0 Å². The molecule has 0 aliphatic carbocycles. The molecule has 0 spiro atoms. The molecule has 166 valence electrons. The zero-order valence-electron chi connectivity index (χ0n) is 18.0. The Bertz CT molecular complexity index is 958. The first-order valence-corrected chi connectivity index (χ1v) is 11.0. The van der Waals surface area contributed by atoms with Gasteiger partial charge in [0.25, 0.3) is 6.47 Å². The summed E-state index contributed by atoms with van der Waals surface area (Å²) in [6.45, 7) is 4.81. The second-order valence-electron chi connectivity index (χ2n) is 7.55. The van der Waals surface area contributed by atoms with E-state index in [0.29, 0.717) is 24.6 Å². The van der Waals surface area contributed by atoms with Crippen LogP contribution in [0.2, 0.25) is 0 Å².